The van der Waals surface area contributed by atoms with Crippen molar-refractivity contribution >= 4 is 92.3 Å². The highest BCUT2D eigenvalue weighted by Gasteiger charge is 2.38. The third-order valence-corrected chi connectivity index (χ3v) is 9.78. The van der Waals surface area contributed by atoms with Gasteiger partial charge in [0.05, 0.1) is 17.0 Å². The van der Waals surface area contributed by atoms with Crippen molar-refractivity contribution in [2.45, 2.75) is 5.92 Å². The molecule has 0 saturated carbocycles. The SMILES string of the molecule is O=C(Nc1ccc2cnccc2c1)C(CN1C(=O)c2ccccc2C1=O)c1ccc(OSP(I)I)cc1. The lowest BCUT2D eigenvalue weighted by Gasteiger charge is -2.23. The Morgan fingerprint density at radius 3 is 2.35 bits per heavy atom. The molecule has 0 aliphatic carbocycles. The Bertz CT molecular complexity index is 1470. The van der Waals surface area contributed by atoms with Crippen LogP contribution in [-0.2, 0) is 4.79 Å². The van der Waals surface area contributed by atoms with E-state index in [1.807, 2.05) is 18.2 Å². The van der Waals surface area contributed by atoms with Gasteiger partial charge in [0.2, 0.25) is 5.91 Å². The molecule has 1 unspecified atom stereocenters. The third kappa shape index (κ3) is 5.92. The number of rotatable bonds is 8. The van der Waals surface area contributed by atoms with Crippen molar-refractivity contribution in [1.29, 1.82) is 0 Å². The minimum atomic E-state index is -0.789. The Kier molecular flexibility index (Phi) is 8.28. The van der Waals surface area contributed by atoms with Crippen LogP contribution in [0.5, 0.6) is 5.75 Å². The molecule has 0 saturated heterocycles. The van der Waals surface area contributed by atoms with Crippen molar-refractivity contribution in [2.75, 3.05) is 11.9 Å². The number of nitrogens with zero attached hydrogens (tertiary/aromatic N) is 2. The van der Waals surface area contributed by atoms with Crippen LogP contribution < -0.4 is 9.50 Å². The van der Waals surface area contributed by atoms with Crippen LogP contribution >= 0.6 is 58.2 Å². The summed E-state index contributed by atoms with van der Waals surface area (Å²) in [6.07, 6.45) is 3.45. The number of amides is 3. The first kappa shape index (κ1) is 26.3. The summed E-state index contributed by atoms with van der Waals surface area (Å²) in [5, 5.41) is 4.86. The van der Waals surface area contributed by atoms with Crippen LogP contribution in [0, 0.1) is 0 Å². The zero-order valence-electron chi connectivity index (χ0n) is 19.0. The number of fused-ring (bicyclic) bond motifs is 2. The molecule has 3 amide bonds. The lowest BCUT2D eigenvalue weighted by molar-refractivity contribution is -0.117. The zero-order valence-corrected chi connectivity index (χ0v) is 25.0. The Morgan fingerprint density at radius 1 is 0.973 bits per heavy atom. The molecule has 1 aromatic heterocycles. The van der Waals surface area contributed by atoms with E-state index in [0.29, 0.717) is 28.1 Å². The van der Waals surface area contributed by atoms with Crippen LogP contribution in [-0.4, -0.2) is 34.2 Å². The molecule has 0 bridgehead atoms. The Labute approximate surface area is 244 Å². The number of carbonyl (C=O) groups is 3. The van der Waals surface area contributed by atoms with Gasteiger partial charge in [-0.25, -0.2) is 0 Å². The van der Waals surface area contributed by atoms with Crippen molar-refractivity contribution in [2.24, 2.45) is 0 Å². The maximum absolute atomic E-state index is 13.6. The number of hydrogen-bond donors (Lipinski definition) is 1. The lowest BCUT2D eigenvalue weighted by atomic mass is 9.97. The van der Waals surface area contributed by atoms with Gasteiger partial charge in [0.15, 0.2) is 0 Å². The smallest absolute Gasteiger partial charge is 0.261 e. The van der Waals surface area contributed by atoms with E-state index in [2.05, 4.69) is 54.4 Å². The van der Waals surface area contributed by atoms with Gasteiger partial charge in [-0.3, -0.25) is 24.3 Å². The van der Waals surface area contributed by atoms with Crippen LogP contribution in [0.2, 0.25) is 0 Å². The molecule has 1 atom stereocenters. The molecule has 0 fully saturated rings. The van der Waals surface area contributed by atoms with E-state index in [1.165, 1.54) is 11.7 Å². The highest BCUT2D eigenvalue weighted by molar-refractivity contribution is 14.3. The molecule has 1 aliphatic heterocycles. The number of carbonyl (C=O) groups excluding carboxylic acids is 3. The summed E-state index contributed by atoms with van der Waals surface area (Å²) in [6, 6.07) is 21.3. The first-order chi connectivity index (χ1) is 17.9. The van der Waals surface area contributed by atoms with E-state index < -0.39 is 17.7 Å². The summed E-state index contributed by atoms with van der Waals surface area (Å²) in [7, 11) is 0. The first-order valence-corrected chi connectivity index (χ1v) is 19.3. The van der Waals surface area contributed by atoms with Crippen LogP contribution in [0.1, 0.15) is 32.2 Å². The summed E-state index contributed by atoms with van der Waals surface area (Å²) in [5.41, 5.74) is 1.99. The normalized spacial score (nSPS) is 13.6. The summed E-state index contributed by atoms with van der Waals surface area (Å²) in [6.45, 7) is -0.0859. The molecule has 1 N–H and O–H groups in total. The molecule has 37 heavy (non-hydrogen) atoms. The number of imide groups is 1. The zero-order chi connectivity index (χ0) is 25.9. The van der Waals surface area contributed by atoms with Gasteiger partial charge in [-0.15, -0.1) is 0 Å². The van der Waals surface area contributed by atoms with Gasteiger partial charge in [0, 0.05) is 30.0 Å². The summed E-state index contributed by atoms with van der Waals surface area (Å²) >= 11 is 6.00. The van der Waals surface area contributed by atoms with Gasteiger partial charge in [-0.1, -0.05) is 30.3 Å². The van der Waals surface area contributed by atoms with E-state index in [1.54, 1.807) is 67.0 Å². The maximum Gasteiger partial charge on any atom is 0.261 e. The van der Waals surface area contributed by atoms with Crippen LogP contribution in [0.3, 0.4) is 0 Å². The average molecular weight is 753 g/mol. The van der Waals surface area contributed by atoms with E-state index in [0.717, 1.165) is 15.7 Å². The minimum Gasteiger partial charge on any atom is -0.420 e. The molecule has 0 radical (unpaired) electrons. The molecule has 11 heteroatoms. The summed E-state index contributed by atoms with van der Waals surface area (Å²) in [4.78, 5) is 45.0. The van der Waals surface area contributed by atoms with Gasteiger partial charge in [0.25, 0.3) is 11.8 Å². The van der Waals surface area contributed by atoms with Gasteiger partial charge in [-0.05, 0) is 97.5 Å². The second-order valence-corrected chi connectivity index (χ2v) is 25.7. The molecule has 7 nitrogen and oxygen atoms in total. The molecule has 5 rings (SSSR count). The lowest BCUT2D eigenvalue weighted by Crippen LogP contribution is -2.38. The van der Waals surface area contributed by atoms with E-state index in [-0.39, 0.29) is 14.9 Å². The number of halogens is 2. The number of benzene rings is 3. The molecule has 4 aromatic rings. The topological polar surface area (TPSA) is 88.6 Å². The molecular formula is C26H18I2N3O4PS. The van der Waals surface area contributed by atoms with Crippen molar-refractivity contribution in [3.8, 4) is 5.75 Å². The quantitative estimate of drug-likeness (QED) is 0.0876. The van der Waals surface area contributed by atoms with Crippen molar-refractivity contribution in [3.05, 3.63) is 102 Å². The monoisotopic (exact) mass is 753 g/mol. The highest BCUT2D eigenvalue weighted by atomic mass is 127. The van der Waals surface area contributed by atoms with Crippen LogP contribution in [0.15, 0.2) is 85.2 Å². The summed E-state index contributed by atoms with van der Waals surface area (Å²) in [5.74, 6) is -1.24. The number of pyridine rings is 1. The fourth-order valence-electron chi connectivity index (χ4n) is 4.14. The molecular weight excluding hydrogens is 735 g/mol. The Hall–Kier alpha value is -2.28. The predicted octanol–water partition coefficient (Wildman–Crippen LogP) is 7.38. The number of hydrogen-bond acceptors (Lipinski definition) is 6. The molecule has 1 aliphatic rings. The Balaban J connectivity index is 1.43. The van der Waals surface area contributed by atoms with Crippen LogP contribution in [0.25, 0.3) is 10.8 Å². The molecule has 2 heterocycles. The summed E-state index contributed by atoms with van der Waals surface area (Å²) < 4.78 is 5.36. The van der Waals surface area contributed by atoms with Crippen molar-refractivity contribution in [3.63, 3.8) is 0 Å². The minimum absolute atomic E-state index is 0.0859. The largest absolute Gasteiger partial charge is 0.420 e. The van der Waals surface area contributed by atoms with Gasteiger partial charge in [-0.2, -0.15) is 0 Å². The van der Waals surface area contributed by atoms with Crippen molar-refractivity contribution < 1.29 is 18.6 Å². The van der Waals surface area contributed by atoms with Gasteiger partial charge < -0.3 is 9.50 Å². The average Bonchev–Trinajstić information content (AvgIpc) is 3.15. The predicted molar refractivity (Wildman–Crippen MR) is 165 cm³/mol. The second kappa shape index (κ2) is 11.6. The highest BCUT2D eigenvalue weighted by Crippen LogP contribution is 2.64. The first-order valence-electron chi connectivity index (χ1n) is 11.1. The second-order valence-electron chi connectivity index (χ2n) is 8.17. The number of aromatic nitrogens is 1. The fourth-order valence-corrected chi connectivity index (χ4v) is 6.27. The maximum atomic E-state index is 13.6. The molecule has 0 spiro atoms. The van der Waals surface area contributed by atoms with Crippen LogP contribution in [0.4, 0.5) is 5.69 Å². The standard InChI is InChI=1S/C26H18I2N3O4PS/c27-36(28)37-35-20-9-6-16(7-10-20)23(15-31-25(33)21-3-1-2-4-22(21)26(31)34)24(32)30-19-8-5-18-14-29-12-11-17(18)13-19/h1-14,23H,15H2,(H,30,32). The molecule has 186 valence electrons. The Morgan fingerprint density at radius 2 is 1.68 bits per heavy atom. The van der Waals surface area contributed by atoms with E-state index in [4.69, 9.17) is 4.18 Å². The van der Waals surface area contributed by atoms with Crippen molar-refractivity contribution in [1.82, 2.24) is 9.88 Å². The number of anilines is 1. The third-order valence-electron chi connectivity index (χ3n) is 5.94. The fraction of sp³-hybridized carbons (Fsp3) is 0.0769. The van der Waals surface area contributed by atoms with Gasteiger partial charge >= 0.3 is 0 Å². The van der Waals surface area contributed by atoms with E-state index >= 15 is 0 Å². The van der Waals surface area contributed by atoms with Gasteiger partial charge in [0.1, 0.15) is 19.8 Å². The number of nitrogens with one attached hydrogen (secondary N) is 1. The molecule has 3 aromatic carbocycles. The van der Waals surface area contributed by atoms with E-state index in [9.17, 15) is 14.4 Å².